The van der Waals surface area contributed by atoms with E-state index in [9.17, 15) is 0 Å². The molecule has 3 aromatic carbocycles. The van der Waals surface area contributed by atoms with Crippen molar-refractivity contribution in [2.45, 2.75) is 12.7 Å². The molecule has 0 N–H and O–H groups in total. The summed E-state index contributed by atoms with van der Waals surface area (Å²) in [4.78, 5) is 0. The first-order chi connectivity index (χ1) is 11.4. The Bertz CT molecular complexity index is 718. The highest BCUT2D eigenvalue weighted by molar-refractivity contribution is 5.50. The second kappa shape index (κ2) is 8.11. The third kappa shape index (κ3) is 4.67. The lowest BCUT2D eigenvalue weighted by Crippen LogP contribution is -2.01. The zero-order valence-corrected chi connectivity index (χ0v) is 13.0. The van der Waals surface area contributed by atoms with Gasteiger partial charge in [-0.15, -0.1) is 0 Å². The third-order valence-electron chi connectivity index (χ3n) is 3.66. The molecule has 0 aliphatic heterocycles. The van der Waals surface area contributed by atoms with Crippen molar-refractivity contribution in [2.24, 2.45) is 0 Å². The topological polar surface area (TPSA) is 9.23 Å². The third-order valence-corrected chi connectivity index (χ3v) is 3.66. The van der Waals surface area contributed by atoms with E-state index in [1.165, 1.54) is 11.1 Å². The largest absolute Gasteiger partial charge is 0.365 e. The Kier molecular flexibility index (Phi) is 5.38. The maximum Gasteiger partial charge on any atom is 0.101 e. The summed E-state index contributed by atoms with van der Waals surface area (Å²) in [6.45, 7) is 0.597. The predicted octanol–water partition coefficient (Wildman–Crippen LogP) is 5.66. The van der Waals surface area contributed by atoms with Crippen molar-refractivity contribution in [1.82, 2.24) is 0 Å². The Morgan fingerprint density at radius 2 is 1.26 bits per heavy atom. The fourth-order valence-electron chi connectivity index (χ4n) is 2.43. The normalized spacial score (nSPS) is 12.3. The van der Waals surface area contributed by atoms with E-state index < -0.39 is 0 Å². The lowest BCUT2D eigenvalue weighted by Gasteiger charge is -2.15. The molecule has 114 valence electrons. The van der Waals surface area contributed by atoms with Crippen LogP contribution in [0.4, 0.5) is 0 Å². The molecular weight excluding hydrogens is 280 g/mol. The van der Waals surface area contributed by atoms with Crippen LogP contribution in [-0.2, 0) is 11.3 Å². The first-order valence-corrected chi connectivity index (χ1v) is 7.85. The molecule has 23 heavy (non-hydrogen) atoms. The molecule has 0 radical (unpaired) electrons. The van der Waals surface area contributed by atoms with Gasteiger partial charge in [0, 0.05) is 0 Å². The summed E-state index contributed by atoms with van der Waals surface area (Å²) in [6.07, 6.45) is 4.17. The number of hydrogen-bond acceptors (Lipinski definition) is 1. The maximum absolute atomic E-state index is 6.15. The van der Waals surface area contributed by atoms with E-state index in [4.69, 9.17) is 4.74 Å². The molecule has 0 heterocycles. The molecule has 3 rings (SSSR count). The number of ether oxygens (including phenoxy) is 1. The van der Waals surface area contributed by atoms with Crippen LogP contribution in [0.2, 0.25) is 0 Å². The van der Waals surface area contributed by atoms with E-state index in [1.54, 1.807) is 0 Å². The Morgan fingerprint density at radius 3 is 1.91 bits per heavy atom. The standard InChI is InChI=1S/C22H20O/c1-4-10-19(11-5-1)16-17-22(21-14-8-3-9-15-21)23-18-20-12-6-2-7-13-20/h1-17,22H,18H2/b17-16+. The van der Waals surface area contributed by atoms with Gasteiger partial charge in [0.25, 0.3) is 0 Å². The van der Waals surface area contributed by atoms with Gasteiger partial charge in [0.15, 0.2) is 0 Å². The molecule has 0 saturated carbocycles. The molecule has 0 aliphatic rings. The minimum absolute atomic E-state index is 0.0587. The lowest BCUT2D eigenvalue weighted by molar-refractivity contribution is 0.0723. The smallest absolute Gasteiger partial charge is 0.101 e. The first kappa shape index (κ1) is 15.3. The Hall–Kier alpha value is -2.64. The lowest BCUT2D eigenvalue weighted by atomic mass is 10.1. The number of benzene rings is 3. The van der Waals surface area contributed by atoms with Gasteiger partial charge in [-0.3, -0.25) is 0 Å². The average Bonchev–Trinajstić information content (AvgIpc) is 2.64. The summed E-state index contributed by atoms with van der Waals surface area (Å²) in [6, 6.07) is 30.9. The molecule has 1 atom stereocenters. The molecule has 1 heteroatoms. The highest BCUT2D eigenvalue weighted by Crippen LogP contribution is 2.21. The molecule has 0 bridgehead atoms. The van der Waals surface area contributed by atoms with Gasteiger partial charge in [-0.1, -0.05) is 103 Å². The summed E-state index contributed by atoms with van der Waals surface area (Å²) < 4.78 is 6.15. The van der Waals surface area contributed by atoms with E-state index in [0.29, 0.717) is 6.61 Å². The second-order valence-electron chi connectivity index (χ2n) is 5.40. The van der Waals surface area contributed by atoms with Gasteiger partial charge in [0.1, 0.15) is 6.10 Å². The first-order valence-electron chi connectivity index (χ1n) is 7.85. The molecule has 0 aliphatic carbocycles. The fraction of sp³-hybridized carbons (Fsp3) is 0.0909. The minimum atomic E-state index is -0.0587. The van der Waals surface area contributed by atoms with Gasteiger partial charge in [0.2, 0.25) is 0 Å². The molecule has 1 nitrogen and oxygen atoms in total. The van der Waals surface area contributed by atoms with Gasteiger partial charge < -0.3 is 4.74 Å². The minimum Gasteiger partial charge on any atom is -0.365 e. The summed E-state index contributed by atoms with van der Waals surface area (Å²) in [5.74, 6) is 0. The summed E-state index contributed by atoms with van der Waals surface area (Å²) in [5, 5.41) is 0. The van der Waals surface area contributed by atoms with Crippen LogP contribution in [0, 0.1) is 0 Å². The van der Waals surface area contributed by atoms with Crippen LogP contribution >= 0.6 is 0 Å². The Morgan fingerprint density at radius 1 is 0.696 bits per heavy atom. The van der Waals surface area contributed by atoms with Gasteiger partial charge in [-0.25, -0.2) is 0 Å². The number of rotatable bonds is 6. The van der Waals surface area contributed by atoms with E-state index in [-0.39, 0.29) is 6.10 Å². The van der Waals surface area contributed by atoms with E-state index in [1.807, 2.05) is 54.6 Å². The summed E-state index contributed by atoms with van der Waals surface area (Å²) in [7, 11) is 0. The van der Waals surface area contributed by atoms with Crippen molar-refractivity contribution in [3.8, 4) is 0 Å². The van der Waals surface area contributed by atoms with Gasteiger partial charge in [0.05, 0.1) is 6.61 Å². The second-order valence-corrected chi connectivity index (χ2v) is 5.40. The maximum atomic E-state index is 6.15. The van der Waals surface area contributed by atoms with Gasteiger partial charge in [-0.2, -0.15) is 0 Å². The van der Waals surface area contributed by atoms with Crippen molar-refractivity contribution >= 4 is 6.08 Å². The Balaban J connectivity index is 1.75. The molecule has 0 amide bonds. The summed E-state index contributed by atoms with van der Waals surface area (Å²) in [5.41, 5.74) is 3.52. The highest BCUT2D eigenvalue weighted by atomic mass is 16.5. The molecular formula is C22H20O. The average molecular weight is 300 g/mol. The molecule has 3 aromatic rings. The molecule has 0 aromatic heterocycles. The van der Waals surface area contributed by atoms with Crippen LogP contribution in [0.15, 0.2) is 97.1 Å². The number of hydrogen-bond donors (Lipinski definition) is 0. The quantitative estimate of drug-likeness (QED) is 0.571. The van der Waals surface area contributed by atoms with Gasteiger partial charge in [-0.05, 0) is 16.7 Å². The summed E-state index contributed by atoms with van der Waals surface area (Å²) >= 11 is 0. The van der Waals surface area contributed by atoms with Crippen LogP contribution in [-0.4, -0.2) is 0 Å². The van der Waals surface area contributed by atoms with Crippen molar-refractivity contribution in [3.05, 3.63) is 114 Å². The van der Waals surface area contributed by atoms with Crippen molar-refractivity contribution in [2.75, 3.05) is 0 Å². The predicted molar refractivity (Wildman–Crippen MR) is 95.9 cm³/mol. The zero-order chi connectivity index (χ0) is 15.7. The van der Waals surface area contributed by atoms with Crippen molar-refractivity contribution < 1.29 is 4.74 Å². The van der Waals surface area contributed by atoms with E-state index in [2.05, 4.69) is 48.6 Å². The SMILES string of the molecule is C(=C\C(OCc1ccccc1)c1ccccc1)/c1ccccc1. The molecule has 0 saturated heterocycles. The van der Waals surface area contributed by atoms with E-state index >= 15 is 0 Å². The fourth-order valence-corrected chi connectivity index (χ4v) is 2.43. The van der Waals surface area contributed by atoms with Crippen LogP contribution in [0.5, 0.6) is 0 Å². The molecule has 1 unspecified atom stereocenters. The van der Waals surface area contributed by atoms with E-state index in [0.717, 1.165) is 5.56 Å². The molecule has 0 fully saturated rings. The van der Waals surface area contributed by atoms with Crippen LogP contribution in [0.1, 0.15) is 22.8 Å². The molecule has 0 spiro atoms. The van der Waals surface area contributed by atoms with Gasteiger partial charge >= 0.3 is 0 Å². The monoisotopic (exact) mass is 300 g/mol. The van der Waals surface area contributed by atoms with Crippen LogP contribution in [0.25, 0.3) is 6.08 Å². The Labute approximate surface area is 137 Å². The van der Waals surface area contributed by atoms with Crippen LogP contribution < -0.4 is 0 Å². The van der Waals surface area contributed by atoms with Crippen molar-refractivity contribution in [3.63, 3.8) is 0 Å². The highest BCUT2D eigenvalue weighted by Gasteiger charge is 2.08. The zero-order valence-electron chi connectivity index (χ0n) is 13.0. The van der Waals surface area contributed by atoms with Crippen molar-refractivity contribution in [1.29, 1.82) is 0 Å². The van der Waals surface area contributed by atoms with Crippen LogP contribution in [0.3, 0.4) is 0 Å².